The van der Waals surface area contributed by atoms with E-state index in [1.807, 2.05) is 18.2 Å². The third-order valence-electron chi connectivity index (χ3n) is 4.34. The fourth-order valence-corrected chi connectivity index (χ4v) is 4.57. The van der Waals surface area contributed by atoms with Gasteiger partial charge in [0.05, 0.1) is 0 Å². The quantitative estimate of drug-likeness (QED) is 0.577. The molecule has 2 radical (unpaired) electrons. The summed E-state index contributed by atoms with van der Waals surface area (Å²) in [7, 11) is 0. The number of anilines is 1. The van der Waals surface area contributed by atoms with E-state index in [9.17, 15) is 4.79 Å². The monoisotopic (exact) mass is 464 g/mol. The van der Waals surface area contributed by atoms with Crippen LogP contribution in [0.4, 0.5) is 10.6 Å². The van der Waals surface area contributed by atoms with Crippen LogP contribution in [0.15, 0.2) is 24.4 Å². The van der Waals surface area contributed by atoms with Crippen LogP contribution in [0.1, 0.15) is 32.8 Å². The van der Waals surface area contributed by atoms with E-state index in [1.54, 1.807) is 0 Å². The van der Waals surface area contributed by atoms with Gasteiger partial charge in [0.1, 0.15) is 0 Å². The Morgan fingerprint density at radius 3 is 2.93 bits per heavy atom. The first kappa shape index (κ1) is 20.8. The molecule has 8 heteroatoms. The Hall–Kier alpha value is -1.91. The van der Waals surface area contributed by atoms with Crippen LogP contribution in [-0.2, 0) is 6.61 Å². The Bertz CT molecular complexity index is 902. The van der Waals surface area contributed by atoms with Gasteiger partial charge < -0.3 is 5.11 Å². The molecule has 2 heterocycles. The molecule has 0 aliphatic carbocycles. The van der Waals surface area contributed by atoms with Crippen molar-refractivity contribution in [2.45, 2.75) is 38.0 Å². The molecule has 1 aromatic carbocycles. The first-order valence-electron chi connectivity index (χ1n) is 8.96. The number of nitrogens with one attached hydrogen (secondary N) is 1. The fourth-order valence-electron chi connectivity index (χ4n) is 3.38. The Kier molecular flexibility index (Phi) is 6.11. The number of nitrogens with zero attached hydrogens (tertiary/aromatic N) is 1. The molecular weight excluding hydrogens is 443 g/mol. The van der Waals surface area contributed by atoms with E-state index in [1.165, 1.54) is 6.20 Å². The molecule has 1 aliphatic rings. The zero-order valence-electron chi connectivity index (χ0n) is 16.0. The molecule has 1 amide bonds. The van der Waals surface area contributed by atoms with Gasteiger partial charge in [0.15, 0.2) is 0 Å². The van der Waals surface area contributed by atoms with Crippen molar-refractivity contribution in [3.05, 3.63) is 35.0 Å². The van der Waals surface area contributed by atoms with Crippen LogP contribution in [0, 0.1) is 5.92 Å². The summed E-state index contributed by atoms with van der Waals surface area (Å²) in [5, 5.41) is 11.4. The first-order valence-corrected chi connectivity index (χ1v) is 10.3. The van der Waals surface area contributed by atoms with Crippen molar-refractivity contribution >= 4 is 40.4 Å². The number of hydrogen-bond donors (Lipinski definition) is 2. The van der Waals surface area contributed by atoms with E-state index in [0.717, 1.165) is 23.3 Å². The minimum absolute atomic E-state index is 0.0204. The molecule has 0 fully saturated rings. The van der Waals surface area contributed by atoms with E-state index in [-0.39, 0.29) is 15.0 Å². The molecule has 2 aromatic rings. The van der Waals surface area contributed by atoms with Crippen LogP contribution in [0.3, 0.4) is 0 Å². The number of pyridine rings is 1. The molecule has 0 saturated heterocycles. The fraction of sp³-hybridized carbons (Fsp3) is 0.400. The third-order valence-corrected chi connectivity index (χ3v) is 5.36. The summed E-state index contributed by atoms with van der Waals surface area (Å²) in [6, 6.07) is 5.76. The Balaban J connectivity index is 1.86. The molecule has 1 aliphatic heterocycles. The molecule has 1 aromatic heterocycles. The predicted molar refractivity (Wildman–Crippen MR) is 110 cm³/mol. The molecule has 0 saturated carbocycles. The maximum absolute atomic E-state index is 10.9. The van der Waals surface area contributed by atoms with Crippen LogP contribution < -0.4 is 14.8 Å². The number of hydrogen-bond acceptors (Lipinski definition) is 4. The van der Waals surface area contributed by atoms with Gasteiger partial charge in [-0.2, -0.15) is 0 Å². The summed E-state index contributed by atoms with van der Waals surface area (Å²) >= 11 is 9.12. The van der Waals surface area contributed by atoms with Gasteiger partial charge in [-0.05, 0) is 0 Å². The number of rotatable bonds is 6. The average molecular weight is 465 g/mol. The van der Waals surface area contributed by atoms with Crippen LogP contribution in [-0.4, -0.2) is 39.6 Å². The number of benzene rings is 1. The third kappa shape index (κ3) is 4.73. The zero-order valence-corrected chi connectivity index (χ0v) is 18.6. The topological polar surface area (TPSA) is 80.7 Å². The van der Waals surface area contributed by atoms with E-state index >= 15 is 0 Å². The second-order valence-electron chi connectivity index (χ2n) is 7.58. The van der Waals surface area contributed by atoms with Gasteiger partial charge in [-0.25, -0.2) is 4.79 Å². The zero-order chi connectivity index (χ0) is 20.5. The molecule has 148 valence electrons. The molecular formula is C20H22AsClN2O4. The number of amides is 1. The Morgan fingerprint density at radius 1 is 1.50 bits per heavy atom. The first-order chi connectivity index (χ1) is 13.2. The summed E-state index contributed by atoms with van der Waals surface area (Å²) in [4.78, 5) is 15.0. The van der Waals surface area contributed by atoms with Crippen LogP contribution in [0.2, 0.25) is 9.23 Å². The van der Waals surface area contributed by atoms with Gasteiger partial charge >= 0.3 is 168 Å². The van der Waals surface area contributed by atoms with Gasteiger partial charge in [-0.3, -0.25) is 0 Å². The standard InChI is InChI=1S/C20H22AsClN2O4/c1-11(2)7-20(3,21)10-28-13-4-5-14-12(6-13)9-27-15-8-23-18(24-19(25)26)17(22)16(14)15/h4-6,8,11H,7,9-10H2,1-3H3,(H,23,24)(H,25,26). The van der Waals surface area contributed by atoms with Gasteiger partial charge in [0.25, 0.3) is 0 Å². The van der Waals surface area contributed by atoms with Crippen LogP contribution in [0.5, 0.6) is 11.5 Å². The van der Waals surface area contributed by atoms with Crippen molar-refractivity contribution in [3.63, 3.8) is 0 Å². The summed E-state index contributed by atoms with van der Waals surface area (Å²) in [6.45, 7) is 7.54. The van der Waals surface area contributed by atoms with E-state index in [4.69, 9.17) is 26.2 Å². The number of halogens is 1. The van der Waals surface area contributed by atoms with Crippen molar-refractivity contribution in [2.75, 3.05) is 11.9 Å². The van der Waals surface area contributed by atoms with Crippen molar-refractivity contribution in [1.29, 1.82) is 0 Å². The van der Waals surface area contributed by atoms with Crippen molar-refractivity contribution in [3.8, 4) is 22.6 Å². The van der Waals surface area contributed by atoms with E-state index < -0.39 is 6.09 Å². The summed E-state index contributed by atoms with van der Waals surface area (Å²) in [5.74, 6) is 1.96. The maximum atomic E-state index is 10.9. The van der Waals surface area contributed by atoms with Crippen LogP contribution >= 0.6 is 11.6 Å². The number of fused-ring (bicyclic) bond motifs is 3. The predicted octanol–water partition coefficient (Wildman–Crippen LogP) is 5.16. The van der Waals surface area contributed by atoms with Crippen LogP contribution in [0.25, 0.3) is 11.1 Å². The summed E-state index contributed by atoms with van der Waals surface area (Å²) in [5.41, 5.74) is 2.44. The minimum atomic E-state index is -1.22. The van der Waals surface area contributed by atoms with Crippen molar-refractivity contribution in [1.82, 2.24) is 4.98 Å². The SMILES string of the molecule is CC(C)CC(C)([As])COc1ccc2c(c1)COc1cnc(NC(=O)O)c(Cl)c1-2. The molecule has 6 nitrogen and oxygen atoms in total. The summed E-state index contributed by atoms with van der Waals surface area (Å²) < 4.78 is 11.8. The summed E-state index contributed by atoms with van der Waals surface area (Å²) in [6.07, 6.45) is 1.31. The molecule has 2 N–H and O–H groups in total. The van der Waals surface area contributed by atoms with E-state index in [0.29, 0.717) is 30.4 Å². The van der Waals surface area contributed by atoms with Gasteiger partial charge in [0, 0.05) is 0 Å². The number of carboxylic acid groups (broad SMARTS) is 1. The normalized spacial score (nSPS) is 14.5. The molecule has 28 heavy (non-hydrogen) atoms. The number of ether oxygens (including phenoxy) is 2. The van der Waals surface area contributed by atoms with E-state index in [2.05, 4.69) is 47.9 Å². The molecule has 0 bridgehead atoms. The number of carbonyl (C=O) groups is 1. The van der Waals surface area contributed by atoms with Crippen molar-refractivity contribution in [2.24, 2.45) is 5.92 Å². The second kappa shape index (κ2) is 8.22. The molecule has 1 unspecified atom stereocenters. The number of aromatic nitrogens is 1. The van der Waals surface area contributed by atoms with Gasteiger partial charge in [-0.1, -0.05) is 0 Å². The molecule has 0 spiro atoms. The van der Waals surface area contributed by atoms with Crippen molar-refractivity contribution < 1.29 is 19.4 Å². The Labute approximate surface area is 178 Å². The second-order valence-corrected chi connectivity index (χ2v) is 10.2. The molecule has 1 atom stereocenters. The van der Waals surface area contributed by atoms with Gasteiger partial charge in [0.2, 0.25) is 0 Å². The van der Waals surface area contributed by atoms with Gasteiger partial charge in [-0.15, -0.1) is 0 Å². The average Bonchev–Trinajstić information content (AvgIpc) is 2.60. The molecule has 3 rings (SSSR count). The Morgan fingerprint density at radius 2 is 2.25 bits per heavy atom.